The number of carbonyl (C=O) groups is 2. The second-order valence-corrected chi connectivity index (χ2v) is 7.99. The van der Waals surface area contributed by atoms with E-state index >= 15 is 0 Å². The molecule has 0 rings (SSSR count). The first-order valence-corrected chi connectivity index (χ1v) is 11.3. The topological polar surface area (TPSA) is 145 Å². The summed E-state index contributed by atoms with van der Waals surface area (Å²) in [5.74, 6) is -1.77. The number of carbonyl (C=O) groups excluding carboxylic acids is 2. The Balaban J connectivity index is 3.71. The number of esters is 1. The molecule has 1 unspecified atom stereocenters. The number of aliphatic hydroxyl groups is 5. The van der Waals surface area contributed by atoms with Crippen LogP contribution < -0.4 is 0 Å². The van der Waals surface area contributed by atoms with Crippen molar-refractivity contribution in [1.29, 1.82) is 0 Å². The number of ketones is 1. The van der Waals surface area contributed by atoms with Gasteiger partial charge in [-0.1, -0.05) is 77.6 Å². The van der Waals surface area contributed by atoms with Gasteiger partial charge < -0.3 is 30.3 Å². The van der Waals surface area contributed by atoms with E-state index in [1.54, 1.807) is 0 Å². The number of hydrogen-bond donors (Lipinski definition) is 5. The van der Waals surface area contributed by atoms with Gasteiger partial charge in [0.2, 0.25) is 5.78 Å². The molecule has 0 aromatic heterocycles. The number of aliphatic hydroxyl groups excluding tert-OH is 5. The lowest BCUT2D eigenvalue weighted by Gasteiger charge is -2.20. The molecule has 178 valence electrons. The van der Waals surface area contributed by atoms with E-state index in [2.05, 4.69) is 6.92 Å². The molecule has 4 atom stereocenters. The van der Waals surface area contributed by atoms with E-state index in [9.17, 15) is 30.0 Å². The van der Waals surface area contributed by atoms with Crippen molar-refractivity contribution in [2.24, 2.45) is 0 Å². The van der Waals surface area contributed by atoms with Crippen molar-refractivity contribution in [1.82, 2.24) is 0 Å². The first-order valence-electron chi connectivity index (χ1n) is 11.3. The van der Waals surface area contributed by atoms with Gasteiger partial charge >= 0.3 is 5.97 Å². The van der Waals surface area contributed by atoms with Crippen LogP contribution in [0, 0.1) is 0 Å². The molecule has 0 bridgehead atoms. The molecular weight excluding hydrogens is 392 g/mol. The summed E-state index contributed by atoms with van der Waals surface area (Å²) >= 11 is 0. The second kappa shape index (κ2) is 18.7. The van der Waals surface area contributed by atoms with Crippen LogP contribution in [0.4, 0.5) is 0 Å². The normalized spacial score (nSPS) is 15.4. The number of Topliss-reactive ketones (excluding diaryl/α,β-unsaturated/α-hetero) is 1. The smallest absolute Gasteiger partial charge is 0.308 e. The van der Waals surface area contributed by atoms with E-state index in [-0.39, 0.29) is 6.42 Å². The van der Waals surface area contributed by atoms with Gasteiger partial charge in [0.05, 0.1) is 19.1 Å². The van der Waals surface area contributed by atoms with E-state index in [0.717, 1.165) is 19.3 Å². The lowest BCUT2D eigenvalue weighted by Crippen LogP contribution is -2.45. The van der Waals surface area contributed by atoms with Gasteiger partial charge in [-0.25, -0.2) is 0 Å². The minimum absolute atomic E-state index is 0.247. The molecular formula is C22H42O8. The first kappa shape index (κ1) is 28.9. The monoisotopic (exact) mass is 434 g/mol. The maximum atomic E-state index is 11.7. The molecule has 0 saturated heterocycles. The Morgan fingerprint density at radius 2 is 1.30 bits per heavy atom. The number of ether oxygens (including phenoxy) is 1. The van der Waals surface area contributed by atoms with Crippen molar-refractivity contribution in [3.05, 3.63) is 0 Å². The third kappa shape index (κ3) is 14.8. The highest BCUT2D eigenvalue weighted by Crippen LogP contribution is 2.13. The second-order valence-electron chi connectivity index (χ2n) is 7.99. The van der Waals surface area contributed by atoms with E-state index in [0.29, 0.717) is 6.42 Å². The number of rotatable bonds is 20. The van der Waals surface area contributed by atoms with E-state index in [4.69, 9.17) is 9.84 Å². The summed E-state index contributed by atoms with van der Waals surface area (Å²) in [5, 5.41) is 46.8. The SMILES string of the molecule is CCCCCCCCCCCCCC(O)CC(=O)OCC(=O)[C@@H](O)[C@H](O)[C@@H](O)CO. The Bertz CT molecular complexity index is 443. The Labute approximate surface area is 180 Å². The first-order chi connectivity index (χ1) is 14.3. The maximum Gasteiger partial charge on any atom is 0.308 e. The van der Waals surface area contributed by atoms with E-state index in [1.165, 1.54) is 51.4 Å². The summed E-state index contributed by atoms with van der Waals surface area (Å²) in [4.78, 5) is 23.3. The Kier molecular flexibility index (Phi) is 18.0. The molecule has 0 heterocycles. The molecule has 0 amide bonds. The fraction of sp³-hybridized carbons (Fsp3) is 0.909. The predicted molar refractivity (Wildman–Crippen MR) is 113 cm³/mol. The Morgan fingerprint density at radius 1 is 0.800 bits per heavy atom. The summed E-state index contributed by atoms with van der Waals surface area (Å²) < 4.78 is 4.70. The zero-order chi connectivity index (χ0) is 22.8. The molecule has 8 nitrogen and oxygen atoms in total. The van der Waals surface area contributed by atoms with Crippen LogP contribution >= 0.6 is 0 Å². The largest absolute Gasteiger partial charge is 0.457 e. The molecule has 5 N–H and O–H groups in total. The summed E-state index contributed by atoms with van der Waals surface area (Å²) in [7, 11) is 0. The van der Waals surface area contributed by atoms with Crippen LogP contribution in [-0.4, -0.2) is 74.9 Å². The zero-order valence-corrected chi connectivity index (χ0v) is 18.4. The molecule has 0 aromatic carbocycles. The molecule has 0 saturated carbocycles. The van der Waals surface area contributed by atoms with Gasteiger partial charge in [0, 0.05) is 0 Å². The molecule has 30 heavy (non-hydrogen) atoms. The highest BCUT2D eigenvalue weighted by molar-refractivity contribution is 5.86. The van der Waals surface area contributed by atoms with Crippen molar-refractivity contribution in [3.63, 3.8) is 0 Å². The minimum Gasteiger partial charge on any atom is -0.457 e. The van der Waals surface area contributed by atoms with Gasteiger partial charge in [-0.3, -0.25) is 9.59 Å². The maximum absolute atomic E-state index is 11.7. The quantitative estimate of drug-likeness (QED) is 0.144. The molecule has 0 aromatic rings. The van der Waals surface area contributed by atoms with Crippen molar-refractivity contribution < 1.29 is 39.9 Å². The summed E-state index contributed by atoms with van der Waals surface area (Å²) in [6.07, 6.45) is 7.06. The van der Waals surface area contributed by atoms with Crippen molar-refractivity contribution >= 4 is 11.8 Å². The highest BCUT2D eigenvalue weighted by atomic mass is 16.5. The van der Waals surface area contributed by atoms with Crippen molar-refractivity contribution in [2.45, 2.75) is 115 Å². The Hall–Kier alpha value is -1.06. The predicted octanol–water partition coefficient (Wildman–Crippen LogP) is 1.63. The average molecular weight is 435 g/mol. The van der Waals surface area contributed by atoms with Crippen LogP contribution in [-0.2, 0) is 14.3 Å². The standard InChI is InChI=1S/C22H42O8/c1-2-3-4-5-6-7-8-9-10-11-12-13-17(24)14-20(27)30-16-19(26)22(29)21(28)18(25)15-23/h17-18,21-25,28-29H,2-16H2,1H3/t17?,18-,21+,22+/m0/s1. The lowest BCUT2D eigenvalue weighted by molar-refractivity contribution is -0.156. The molecule has 0 aliphatic carbocycles. The van der Waals surface area contributed by atoms with Crippen LogP contribution in [0.2, 0.25) is 0 Å². The number of unbranched alkanes of at least 4 members (excludes halogenated alkanes) is 10. The molecule has 0 spiro atoms. The molecule has 0 fully saturated rings. The summed E-state index contributed by atoms with van der Waals surface area (Å²) in [6, 6.07) is 0. The van der Waals surface area contributed by atoms with Gasteiger partial charge in [-0.15, -0.1) is 0 Å². The summed E-state index contributed by atoms with van der Waals surface area (Å²) in [5.41, 5.74) is 0. The van der Waals surface area contributed by atoms with Gasteiger partial charge in [-0.2, -0.15) is 0 Å². The number of hydrogen-bond acceptors (Lipinski definition) is 8. The van der Waals surface area contributed by atoms with Crippen LogP contribution in [0.3, 0.4) is 0 Å². The molecule has 0 radical (unpaired) electrons. The van der Waals surface area contributed by atoms with Gasteiger partial charge in [0.1, 0.15) is 18.3 Å². The third-order valence-corrected chi connectivity index (χ3v) is 5.15. The zero-order valence-electron chi connectivity index (χ0n) is 18.4. The minimum atomic E-state index is -1.97. The van der Waals surface area contributed by atoms with Crippen LogP contribution in [0.1, 0.15) is 90.4 Å². The fourth-order valence-corrected chi connectivity index (χ4v) is 3.14. The third-order valence-electron chi connectivity index (χ3n) is 5.15. The molecule has 0 aliphatic rings. The molecule has 8 heteroatoms. The van der Waals surface area contributed by atoms with Gasteiger partial charge in [0.15, 0.2) is 6.61 Å². The molecule has 0 aliphatic heterocycles. The van der Waals surface area contributed by atoms with Crippen molar-refractivity contribution in [2.75, 3.05) is 13.2 Å². The van der Waals surface area contributed by atoms with Gasteiger partial charge in [0.25, 0.3) is 0 Å². The van der Waals surface area contributed by atoms with Crippen LogP contribution in [0.25, 0.3) is 0 Å². The van der Waals surface area contributed by atoms with E-state index < -0.39 is 49.4 Å². The fourth-order valence-electron chi connectivity index (χ4n) is 3.14. The summed E-state index contributed by atoms with van der Waals surface area (Å²) in [6.45, 7) is 0.615. The van der Waals surface area contributed by atoms with Crippen LogP contribution in [0.15, 0.2) is 0 Å². The van der Waals surface area contributed by atoms with Crippen molar-refractivity contribution in [3.8, 4) is 0 Å². The van der Waals surface area contributed by atoms with Crippen LogP contribution in [0.5, 0.6) is 0 Å². The lowest BCUT2D eigenvalue weighted by atomic mass is 10.0. The van der Waals surface area contributed by atoms with E-state index in [1.807, 2.05) is 0 Å². The highest BCUT2D eigenvalue weighted by Gasteiger charge is 2.30. The van der Waals surface area contributed by atoms with Gasteiger partial charge in [-0.05, 0) is 6.42 Å². The average Bonchev–Trinajstić information content (AvgIpc) is 2.74. The Morgan fingerprint density at radius 3 is 1.80 bits per heavy atom.